The Labute approximate surface area is 137 Å². The first-order valence-corrected chi connectivity index (χ1v) is 8.03. The van der Waals surface area contributed by atoms with Crippen LogP contribution >= 0.6 is 23.2 Å². The monoisotopic (exact) mass is 321 g/mol. The van der Waals surface area contributed by atoms with E-state index in [-0.39, 0.29) is 0 Å². The quantitative estimate of drug-likeness (QED) is 0.749. The van der Waals surface area contributed by atoms with Crippen molar-refractivity contribution in [2.75, 3.05) is 0 Å². The molecule has 0 aliphatic carbocycles. The summed E-state index contributed by atoms with van der Waals surface area (Å²) in [6.45, 7) is 5.23. The van der Waals surface area contributed by atoms with Crippen molar-refractivity contribution in [3.05, 3.63) is 69.2 Å². The van der Waals surface area contributed by atoms with Crippen LogP contribution in [0.2, 0.25) is 10.0 Å². The Kier molecular flexibility index (Phi) is 6.10. The van der Waals surface area contributed by atoms with E-state index in [4.69, 9.17) is 23.2 Å². The van der Waals surface area contributed by atoms with Gasteiger partial charge in [0, 0.05) is 12.6 Å². The van der Waals surface area contributed by atoms with E-state index in [1.807, 2.05) is 18.2 Å². The smallest absolute Gasteiger partial charge is 0.0595 e. The van der Waals surface area contributed by atoms with E-state index in [2.05, 4.69) is 43.4 Å². The second-order valence-corrected chi connectivity index (χ2v) is 6.37. The summed E-state index contributed by atoms with van der Waals surface area (Å²) in [5.74, 6) is 0. The average molecular weight is 322 g/mol. The van der Waals surface area contributed by atoms with Crippen LogP contribution in [-0.4, -0.2) is 6.04 Å². The van der Waals surface area contributed by atoms with E-state index in [0.717, 1.165) is 19.4 Å². The van der Waals surface area contributed by atoms with Crippen molar-refractivity contribution in [3.8, 4) is 0 Å². The number of nitrogens with one attached hydrogen (secondary N) is 1. The maximum Gasteiger partial charge on any atom is 0.0595 e. The molecule has 0 spiro atoms. The predicted octanol–water partition coefficient (Wildman–Crippen LogP) is 5.41. The Morgan fingerprint density at radius 3 is 2.29 bits per heavy atom. The number of benzene rings is 2. The summed E-state index contributed by atoms with van der Waals surface area (Å²) >= 11 is 12.0. The van der Waals surface area contributed by atoms with Gasteiger partial charge >= 0.3 is 0 Å². The van der Waals surface area contributed by atoms with E-state index in [1.54, 1.807) is 0 Å². The highest BCUT2D eigenvalue weighted by Crippen LogP contribution is 2.23. The first-order chi connectivity index (χ1) is 10.0. The highest BCUT2D eigenvalue weighted by Gasteiger charge is 2.04. The molecule has 0 aliphatic heterocycles. The van der Waals surface area contributed by atoms with Gasteiger partial charge in [0.15, 0.2) is 0 Å². The molecule has 21 heavy (non-hydrogen) atoms. The minimum absolute atomic E-state index is 0.459. The predicted molar refractivity (Wildman–Crippen MR) is 92.3 cm³/mol. The Bertz CT molecular complexity index is 578. The largest absolute Gasteiger partial charge is 0.310 e. The maximum absolute atomic E-state index is 6.04. The molecule has 1 N–H and O–H groups in total. The molecule has 0 aromatic heterocycles. The Balaban J connectivity index is 1.77. The van der Waals surface area contributed by atoms with E-state index in [0.29, 0.717) is 16.1 Å². The van der Waals surface area contributed by atoms with Crippen LogP contribution in [0.15, 0.2) is 42.5 Å². The molecule has 1 unspecified atom stereocenters. The van der Waals surface area contributed by atoms with Crippen LogP contribution in [0.3, 0.4) is 0 Å². The molecule has 0 heterocycles. The Hall–Kier alpha value is -1.02. The molecule has 2 rings (SSSR count). The molecule has 0 bridgehead atoms. The lowest BCUT2D eigenvalue weighted by molar-refractivity contribution is 0.514. The number of hydrogen-bond acceptors (Lipinski definition) is 1. The van der Waals surface area contributed by atoms with Gasteiger partial charge in [-0.3, -0.25) is 0 Å². The number of rotatable bonds is 6. The number of halogens is 2. The van der Waals surface area contributed by atoms with Crippen LogP contribution in [0.1, 0.15) is 30.0 Å². The van der Waals surface area contributed by atoms with Crippen molar-refractivity contribution >= 4 is 23.2 Å². The molecule has 3 heteroatoms. The summed E-state index contributed by atoms with van der Waals surface area (Å²) in [6, 6.07) is 15.0. The van der Waals surface area contributed by atoms with Gasteiger partial charge in [-0.25, -0.2) is 0 Å². The van der Waals surface area contributed by atoms with Crippen molar-refractivity contribution in [1.82, 2.24) is 5.32 Å². The Morgan fingerprint density at radius 1 is 0.952 bits per heavy atom. The van der Waals surface area contributed by atoms with Crippen LogP contribution in [-0.2, 0) is 13.0 Å². The van der Waals surface area contributed by atoms with E-state index in [1.165, 1.54) is 16.7 Å². The Morgan fingerprint density at radius 2 is 1.62 bits per heavy atom. The van der Waals surface area contributed by atoms with Gasteiger partial charge in [0.05, 0.1) is 10.0 Å². The highest BCUT2D eigenvalue weighted by atomic mass is 35.5. The van der Waals surface area contributed by atoms with E-state index in [9.17, 15) is 0 Å². The molecule has 1 atom stereocenters. The van der Waals surface area contributed by atoms with Gasteiger partial charge in [-0.2, -0.15) is 0 Å². The van der Waals surface area contributed by atoms with Gasteiger partial charge in [-0.15, -0.1) is 0 Å². The van der Waals surface area contributed by atoms with Crippen molar-refractivity contribution in [1.29, 1.82) is 0 Å². The lowest BCUT2D eigenvalue weighted by Crippen LogP contribution is -2.25. The lowest BCUT2D eigenvalue weighted by Gasteiger charge is -2.14. The van der Waals surface area contributed by atoms with Crippen molar-refractivity contribution < 1.29 is 0 Å². The molecule has 0 amide bonds. The van der Waals surface area contributed by atoms with Crippen molar-refractivity contribution in [2.24, 2.45) is 0 Å². The topological polar surface area (TPSA) is 12.0 Å². The molecule has 0 saturated carbocycles. The van der Waals surface area contributed by atoms with E-state index >= 15 is 0 Å². The zero-order valence-electron chi connectivity index (χ0n) is 12.5. The first-order valence-electron chi connectivity index (χ1n) is 7.27. The fourth-order valence-electron chi connectivity index (χ4n) is 2.18. The summed E-state index contributed by atoms with van der Waals surface area (Å²) in [7, 11) is 0. The van der Waals surface area contributed by atoms with Gasteiger partial charge in [-0.1, -0.05) is 59.1 Å². The van der Waals surface area contributed by atoms with Crippen molar-refractivity contribution in [3.63, 3.8) is 0 Å². The molecule has 0 radical (unpaired) electrons. The molecule has 1 nitrogen and oxygen atoms in total. The number of hydrogen-bond donors (Lipinski definition) is 1. The summed E-state index contributed by atoms with van der Waals surface area (Å²) in [5.41, 5.74) is 3.85. The summed E-state index contributed by atoms with van der Waals surface area (Å²) in [6.07, 6.45) is 2.07. The maximum atomic E-state index is 6.04. The van der Waals surface area contributed by atoms with Crippen LogP contribution in [0.25, 0.3) is 0 Å². The summed E-state index contributed by atoms with van der Waals surface area (Å²) in [5, 5.41) is 4.81. The third-order valence-corrected chi connectivity index (χ3v) is 4.36. The van der Waals surface area contributed by atoms with Gasteiger partial charge in [-0.05, 0) is 49.9 Å². The van der Waals surface area contributed by atoms with Crippen LogP contribution in [0.4, 0.5) is 0 Å². The molecular formula is C18H21Cl2N. The second kappa shape index (κ2) is 7.84. The molecule has 2 aromatic carbocycles. The second-order valence-electron chi connectivity index (χ2n) is 5.55. The molecule has 0 aliphatic rings. The van der Waals surface area contributed by atoms with Crippen LogP contribution in [0.5, 0.6) is 0 Å². The van der Waals surface area contributed by atoms with Gasteiger partial charge in [0.25, 0.3) is 0 Å². The standard InChI is InChI=1S/C18H21Cl2N/c1-13-3-6-16(7-4-13)12-21-14(2)5-8-15-9-10-17(19)18(20)11-15/h3-4,6-7,9-11,14,21H,5,8,12H2,1-2H3. The summed E-state index contributed by atoms with van der Waals surface area (Å²) < 4.78 is 0. The fraction of sp³-hybridized carbons (Fsp3) is 0.333. The normalized spacial score (nSPS) is 12.4. The third-order valence-electron chi connectivity index (χ3n) is 3.63. The number of aryl methyl sites for hydroxylation is 2. The molecule has 0 fully saturated rings. The van der Waals surface area contributed by atoms with Gasteiger partial charge < -0.3 is 5.32 Å². The highest BCUT2D eigenvalue weighted by molar-refractivity contribution is 6.42. The zero-order valence-corrected chi connectivity index (χ0v) is 14.0. The fourth-order valence-corrected chi connectivity index (χ4v) is 2.50. The van der Waals surface area contributed by atoms with Gasteiger partial charge in [0.1, 0.15) is 0 Å². The zero-order chi connectivity index (χ0) is 15.2. The van der Waals surface area contributed by atoms with Crippen LogP contribution < -0.4 is 5.32 Å². The molecule has 0 saturated heterocycles. The molecule has 112 valence electrons. The minimum Gasteiger partial charge on any atom is -0.310 e. The molecular weight excluding hydrogens is 301 g/mol. The molecule has 2 aromatic rings. The summed E-state index contributed by atoms with van der Waals surface area (Å²) in [4.78, 5) is 0. The SMILES string of the molecule is Cc1ccc(CNC(C)CCc2ccc(Cl)c(Cl)c2)cc1. The first kappa shape index (κ1) is 16.4. The van der Waals surface area contributed by atoms with E-state index < -0.39 is 0 Å². The third kappa shape index (κ3) is 5.35. The average Bonchev–Trinajstić information content (AvgIpc) is 2.48. The van der Waals surface area contributed by atoms with Crippen LogP contribution in [0, 0.1) is 6.92 Å². The lowest BCUT2D eigenvalue weighted by atomic mass is 10.1. The minimum atomic E-state index is 0.459. The van der Waals surface area contributed by atoms with Crippen molar-refractivity contribution in [2.45, 2.75) is 39.3 Å². The van der Waals surface area contributed by atoms with Gasteiger partial charge in [0.2, 0.25) is 0 Å².